The highest BCUT2D eigenvalue weighted by Gasteiger charge is 2.47. The summed E-state index contributed by atoms with van der Waals surface area (Å²) in [6.45, 7) is 2.03. The third-order valence-corrected chi connectivity index (χ3v) is 2.52. The Morgan fingerprint density at radius 1 is 1.30 bits per heavy atom. The highest BCUT2D eigenvalue weighted by atomic mass is 32.1. The van der Waals surface area contributed by atoms with Crippen molar-refractivity contribution in [2.24, 2.45) is 5.73 Å². The van der Waals surface area contributed by atoms with Crippen molar-refractivity contribution in [3.8, 4) is 0 Å². The van der Waals surface area contributed by atoms with E-state index in [1.807, 2.05) is 0 Å². The summed E-state index contributed by atoms with van der Waals surface area (Å²) in [7, 11) is 0. The average Bonchev–Trinajstić information content (AvgIpc) is 2.32. The number of rotatable bonds is 6. The zero-order chi connectivity index (χ0) is 16.1. The third kappa shape index (κ3) is 5.37. The van der Waals surface area contributed by atoms with Crippen LogP contribution in [-0.2, 0) is 19.1 Å². The number of thiol groups is 1. The van der Waals surface area contributed by atoms with Gasteiger partial charge in [0.15, 0.2) is 11.9 Å². The highest BCUT2D eigenvalue weighted by Crippen LogP contribution is 2.22. The SMILES string of the molecule is CC(C)(NC(=O)CN)C(OC(=O)C(F)(F)F)C(=O)CS. The molecule has 6 nitrogen and oxygen atoms in total. The lowest BCUT2D eigenvalue weighted by molar-refractivity contribution is -0.207. The lowest BCUT2D eigenvalue weighted by Gasteiger charge is -2.33. The van der Waals surface area contributed by atoms with Crippen molar-refractivity contribution in [1.82, 2.24) is 5.32 Å². The summed E-state index contributed by atoms with van der Waals surface area (Å²) in [4.78, 5) is 33.6. The monoisotopic (exact) mass is 316 g/mol. The minimum atomic E-state index is -5.25. The molecule has 0 saturated carbocycles. The van der Waals surface area contributed by atoms with Crippen LogP contribution in [0.5, 0.6) is 0 Å². The molecule has 3 N–H and O–H groups in total. The Hall–Kier alpha value is -1.29. The van der Waals surface area contributed by atoms with Crippen LogP contribution in [0.4, 0.5) is 13.2 Å². The summed E-state index contributed by atoms with van der Waals surface area (Å²) >= 11 is 3.64. The third-order valence-electron chi connectivity index (χ3n) is 2.21. The van der Waals surface area contributed by atoms with Gasteiger partial charge in [0, 0.05) is 0 Å². The summed E-state index contributed by atoms with van der Waals surface area (Å²) in [5.74, 6) is -4.58. The van der Waals surface area contributed by atoms with Crippen LogP contribution < -0.4 is 11.1 Å². The van der Waals surface area contributed by atoms with Crippen molar-refractivity contribution in [2.45, 2.75) is 31.7 Å². The first kappa shape index (κ1) is 18.7. The molecule has 0 aromatic rings. The van der Waals surface area contributed by atoms with Gasteiger partial charge in [-0.25, -0.2) is 4.79 Å². The number of amides is 1. The van der Waals surface area contributed by atoms with Gasteiger partial charge in [-0.3, -0.25) is 9.59 Å². The van der Waals surface area contributed by atoms with Crippen molar-refractivity contribution in [3.63, 3.8) is 0 Å². The summed E-state index contributed by atoms with van der Waals surface area (Å²) in [6, 6.07) is 0. The van der Waals surface area contributed by atoms with Crippen molar-refractivity contribution >= 4 is 30.3 Å². The molecule has 116 valence electrons. The fourth-order valence-electron chi connectivity index (χ4n) is 1.35. The molecule has 1 amide bonds. The largest absolute Gasteiger partial charge is 0.490 e. The van der Waals surface area contributed by atoms with Gasteiger partial charge in [-0.1, -0.05) is 0 Å². The van der Waals surface area contributed by atoms with Crippen molar-refractivity contribution in [3.05, 3.63) is 0 Å². The smallest absolute Gasteiger partial charge is 0.445 e. The first-order chi connectivity index (χ1) is 8.95. The molecule has 0 aliphatic rings. The second-order valence-corrected chi connectivity index (χ2v) is 4.70. The molecule has 0 heterocycles. The Kier molecular flexibility index (Phi) is 6.48. The molecule has 0 bridgehead atoms. The Bertz CT molecular complexity index is 398. The van der Waals surface area contributed by atoms with Crippen LogP contribution in [0.1, 0.15) is 13.8 Å². The number of hydrogen-bond donors (Lipinski definition) is 3. The summed E-state index contributed by atoms with van der Waals surface area (Å²) in [5, 5.41) is 2.21. The standard InChI is InChI=1S/C10H15F3N2O4S/c1-9(2,15-6(17)3-14)7(5(16)4-20)19-8(18)10(11,12)13/h7,20H,3-4,14H2,1-2H3,(H,15,17). The Labute approximate surface area is 118 Å². The van der Waals surface area contributed by atoms with E-state index in [-0.39, 0.29) is 0 Å². The fraction of sp³-hybridized carbons (Fsp3) is 0.700. The molecule has 0 fully saturated rings. The zero-order valence-electron chi connectivity index (χ0n) is 10.8. The number of halogens is 3. The average molecular weight is 316 g/mol. The molecule has 0 rings (SSSR count). The summed E-state index contributed by atoms with van der Waals surface area (Å²) < 4.78 is 40.7. The van der Waals surface area contributed by atoms with E-state index >= 15 is 0 Å². The van der Waals surface area contributed by atoms with Gasteiger partial charge in [0.2, 0.25) is 5.91 Å². The minimum Gasteiger partial charge on any atom is -0.445 e. The van der Waals surface area contributed by atoms with E-state index < -0.39 is 47.8 Å². The maximum atomic E-state index is 12.2. The van der Waals surface area contributed by atoms with E-state index in [1.54, 1.807) is 0 Å². The number of nitrogens with one attached hydrogen (secondary N) is 1. The first-order valence-corrected chi connectivity index (χ1v) is 6.01. The van der Waals surface area contributed by atoms with Gasteiger partial charge in [-0.15, -0.1) is 0 Å². The van der Waals surface area contributed by atoms with Gasteiger partial charge in [0.25, 0.3) is 0 Å². The molecule has 0 saturated heterocycles. The first-order valence-electron chi connectivity index (χ1n) is 5.38. The molecule has 0 aromatic heterocycles. The number of ketones is 1. The number of hydrogen-bond acceptors (Lipinski definition) is 6. The molecule has 10 heteroatoms. The molecular formula is C10H15F3N2O4S. The molecular weight excluding hydrogens is 301 g/mol. The van der Waals surface area contributed by atoms with Gasteiger partial charge in [0.05, 0.1) is 17.8 Å². The number of ether oxygens (including phenoxy) is 1. The maximum absolute atomic E-state index is 12.2. The van der Waals surface area contributed by atoms with E-state index in [0.717, 1.165) is 0 Å². The van der Waals surface area contributed by atoms with Crippen LogP contribution in [0.25, 0.3) is 0 Å². The number of esters is 1. The molecule has 0 spiro atoms. The van der Waals surface area contributed by atoms with Crippen LogP contribution in [0.15, 0.2) is 0 Å². The fourth-order valence-corrected chi connectivity index (χ4v) is 1.51. The van der Waals surface area contributed by atoms with E-state index in [0.29, 0.717) is 0 Å². The topological polar surface area (TPSA) is 98.5 Å². The summed E-state index contributed by atoms with van der Waals surface area (Å²) in [5.41, 5.74) is 3.50. The lowest BCUT2D eigenvalue weighted by Crippen LogP contribution is -2.58. The number of alkyl halides is 3. The van der Waals surface area contributed by atoms with Crippen molar-refractivity contribution in [2.75, 3.05) is 12.3 Å². The van der Waals surface area contributed by atoms with Gasteiger partial charge in [-0.2, -0.15) is 25.8 Å². The van der Waals surface area contributed by atoms with E-state index in [4.69, 9.17) is 5.73 Å². The molecule has 0 aliphatic carbocycles. The predicted molar refractivity (Wildman–Crippen MR) is 66.1 cm³/mol. The van der Waals surface area contributed by atoms with Gasteiger partial charge in [0.1, 0.15) is 0 Å². The van der Waals surface area contributed by atoms with Crippen molar-refractivity contribution in [1.29, 1.82) is 0 Å². The molecule has 0 aliphatic heterocycles. The van der Waals surface area contributed by atoms with Crippen LogP contribution in [-0.4, -0.2) is 47.8 Å². The number of carbonyl (C=O) groups excluding carboxylic acids is 3. The summed E-state index contributed by atoms with van der Waals surface area (Å²) in [6.07, 6.45) is -7.08. The van der Waals surface area contributed by atoms with Gasteiger partial charge >= 0.3 is 12.1 Å². The normalized spacial score (nSPS) is 13.6. The van der Waals surface area contributed by atoms with Crippen LogP contribution >= 0.6 is 12.6 Å². The van der Waals surface area contributed by atoms with E-state index in [1.165, 1.54) is 13.8 Å². The zero-order valence-corrected chi connectivity index (χ0v) is 11.7. The van der Waals surface area contributed by atoms with E-state index in [2.05, 4.69) is 22.7 Å². The second-order valence-electron chi connectivity index (χ2n) is 4.38. The predicted octanol–water partition coefficient (Wildman–Crippen LogP) is -0.187. The minimum absolute atomic E-state index is 0.432. The second kappa shape index (κ2) is 6.93. The molecule has 1 atom stereocenters. The van der Waals surface area contributed by atoms with Gasteiger partial charge in [-0.05, 0) is 13.8 Å². The van der Waals surface area contributed by atoms with Crippen LogP contribution in [0.3, 0.4) is 0 Å². The molecule has 0 radical (unpaired) electrons. The number of carbonyl (C=O) groups is 3. The maximum Gasteiger partial charge on any atom is 0.490 e. The van der Waals surface area contributed by atoms with Gasteiger partial charge < -0.3 is 15.8 Å². The molecule has 0 aromatic carbocycles. The van der Waals surface area contributed by atoms with E-state index in [9.17, 15) is 27.6 Å². The molecule has 20 heavy (non-hydrogen) atoms. The molecule has 1 unspecified atom stereocenters. The number of Topliss-reactive ketones (excluding diaryl/α,β-unsaturated/α-hetero) is 1. The Morgan fingerprint density at radius 3 is 2.15 bits per heavy atom. The lowest BCUT2D eigenvalue weighted by atomic mass is 9.94. The quantitative estimate of drug-likeness (QED) is 0.466. The Balaban J connectivity index is 5.21. The van der Waals surface area contributed by atoms with Crippen LogP contribution in [0, 0.1) is 0 Å². The highest BCUT2D eigenvalue weighted by molar-refractivity contribution is 7.81. The number of nitrogens with two attached hydrogens (primary N) is 1. The Morgan fingerprint density at radius 2 is 1.80 bits per heavy atom. The van der Waals surface area contributed by atoms with Crippen molar-refractivity contribution < 1.29 is 32.3 Å². The van der Waals surface area contributed by atoms with Crippen LogP contribution in [0.2, 0.25) is 0 Å².